The molecule has 1 N–H and O–H groups in total. The summed E-state index contributed by atoms with van der Waals surface area (Å²) in [6, 6.07) is 0. The Morgan fingerprint density at radius 1 is 1.05 bits per heavy atom. The van der Waals surface area contributed by atoms with Crippen molar-refractivity contribution in [3.63, 3.8) is 0 Å². The van der Waals surface area contributed by atoms with Gasteiger partial charge in [-0.05, 0) is 25.8 Å². The van der Waals surface area contributed by atoms with Crippen LogP contribution < -0.4 is 5.32 Å². The Hall–Kier alpha value is -1.14. The zero-order valence-corrected chi connectivity index (χ0v) is 11.5. The summed E-state index contributed by atoms with van der Waals surface area (Å²) in [5.74, 6) is -0.122. The summed E-state index contributed by atoms with van der Waals surface area (Å²) in [5.41, 5.74) is -0.720. The number of cyclic esters (lactones) is 2. The minimum atomic E-state index is -0.395. The molecule has 0 radical (unpaired) electrons. The topological polar surface area (TPSA) is 67.9 Å². The molecule has 4 heterocycles. The Labute approximate surface area is 117 Å². The van der Waals surface area contributed by atoms with Gasteiger partial charge >= 0.3 is 11.9 Å². The highest BCUT2D eigenvalue weighted by atomic mass is 16.5. The summed E-state index contributed by atoms with van der Waals surface area (Å²) in [4.78, 5) is 26.4. The van der Waals surface area contributed by atoms with E-state index in [-0.39, 0.29) is 23.5 Å². The van der Waals surface area contributed by atoms with E-state index in [1.54, 1.807) is 0 Å². The average molecular weight is 280 g/mol. The monoisotopic (exact) mass is 280 g/mol. The van der Waals surface area contributed by atoms with Gasteiger partial charge in [0.2, 0.25) is 0 Å². The first kappa shape index (κ1) is 12.6. The van der Waals surface area contributed by atoms with Crippen LogP contribution in [0.1, 0.15) is 25.7 Å². The molecule has 0 saturated carbocycles. The highest BCUT2D eigenvalue weighted by molar-refractivity contribution is 5.81. The molecule has 0 aromatic heterocycles. The van der Waals surface area contributed by atoms with Crippen molar-refractivity contribution in [2.24, 2.45) is 10.8 Å². The van der Waals surface area contributed by atoms with Crippen LogP contribution in [-0.2, 0) is 19.1 Å². The molecule has 0 bridgehead atoms. The third kappa shape index (κ3) is 1.52. The summed E-state index contributed by atoms with van der Waals surface area (Å²) >= 11 is 0. The predicted molar refractivity (Wildman–Crippen MR) is 68.6 cm³/mol. The maximum atomic E-state index is 12.2. The number of esters is 2. The van der Waals surface area contributed by atoms with Crippen molar-refractivity contribution in [3.8, 4) is 0 Å². The average Bonchev–Trinajstić information content (AvgIpc) is 3.16. The lowest BCUT2D eigenvalue weighted by atomic mass is 9.82. The third-order valence-electron chi connectivity index (χ3n) is 5.62. The van der Waals surface area contributed by atoms with Crippen LogP contribution in [0.4, 0.5) is 0 Å². The molecular formula is C14H20N2O4. The van der Waals surface area contributed by atoms with Crippen LogP contribution in [0.25, 0.3) is 0 Å². The van der Waals surface area contributed by atoms with Crippen LogP contribution in [-0.4, -0.2) is 55.9 Å². The van der Waals surface area contributed by atoms with Gasteiger partial charge in [-0.3, -0.25) is 14.5 Å². The molecule has 4 rings (SSSR count). The van der Waals surface area contributed by atoms with Crippen LogP contribution >= 0.6 is 0 Å². The van der Waals surface area contributed by atoms with E-state index in [0.29, 0.717) is 19.8 Å². The second-order valence-electron chi connectivity index (χ2n) is 6.54. The zero-order valence-electron chi connectivity index (χ0n) is 11.5. The van der Waals surface area contributed by atoms with Crippen molar-refractivity contribution >= 4 is 11.9 Å². The minimum absolute atomic E-state index is 0.0188. The Balaban J connectivity index is 1.57. The number of nitrogens with one attached hydrogen (secondary N) is 1. The molecule has 0 aromatic carbocycles. The van der Waals surface area contributed by atoms with Crippen molar-refractivity contribution in [1.82, 2.24) is 10.2 Å². The number of hydrogen-bond acceptors (Lipinski definition) is 6. The van der Waals surface area contributed by atoms with Crippen LogP contribution in [0, 0.1) is 10.8 Å². The third-order valence-corrected chi connectivity index (χ3v) is 5.62. The maximum absolute atomic E-state index is 12.2. The van der Waals surface area contributed by atoms with Crippen molar-refractivity contribution in [2.45, 2.75) is 31.8 Å². The fourth-order valence-electron chi connectivity index (χ4n) is 4.38. The highest BCUT2D eigenvalue weighted by Gasteiger charge is 2.59. The second-order valence-corrected chi connectivity index (χ2v) is 6.54. The van der Waals surface area contributed by atoms with Gasteiger partial charge in [-0.2, -0.15) is 0 Å². The van der Waals surface area contributed by atoms with Gasteiger partial charge in [0.1, 0.15) is 5.41 Å². The molecule has 4 aliphatic heterocycles. The number of ether oxygens (including phenoxy) is 2. The minimum Gasteiger partial charge on any atom is -0.465 e. The molecular weight excluding hydrogens is 260 g/mol. The van der Waals surface area contributed by atoms with Crippen molar-refractivity contribution in [3.05, 3.63) is 0 Å². The van der Waals surface area contributed by atoms with Gasteiger partial charge in [0.05, 0.1) is 24.8 Å². The van der Waals surface area contributed by atoms with Gasteiger partial charge in [0.25, 0.3) is 0 Å². The van der Waals surface area contributed by atoms with E-state index < -0.39 is 5.41 Å². The van der Waals surface area contributed by atoms with Gasteiger partial charge in [-0.1, -0.05) is 0 Å². The fraction of sp³-hybridized carbons (Fsp3) is 0.857. The van der Waals surface area contributed by atoms with Gasteiger partial charge in [0.15, 0.2) is 0 Å². The van der Waals surface area contributed by atoms with Gasteiger partial charge in [-0.25, -0.2) is 0 Å². The normalized spacial score (nSPS) is 44.7. The number of carbonyl (C=O) groups is 2. The molecule has 3 unspecified atom stereocenters. The molecule has 20 heavy (non-hydrogen) atoms. The van der Waals surface area contributed by atoms with Crippen LogP contribution in [0.5, 0.6) is 0 Å². The first-order chi connectivity index (χ1) is 9.66. The highest BCUT2D eigenvalue weighted by Crippen LogP contribution is 2.46. The molecule has 2 spiro atoms. The molecule has 6 nitrogen and oxygen atoms in total. The molecule has 0 aliphatic carbocycles. The first-order valence-electron chi connectivity index (χ1n) is 7.48. The van der Waals surface area contributed by atoms with E-state index in [9.17, 15) is 9.59 Å². The fourth-order valence-corrected chi connectivity index (χ4v) is 4.38. The Kier molecular flexibility index (Phi) is 2.63. The van der Waals surface area contributed by atoms with Crippen LogP contribution in [0.2, 0.25) is 0 Å². The maximum Gasteiger partial charge on any atom is 0.315 e. The molecule has 0 amide bonds. The van der Waals surface area contributed by atoms with Crippen molar-refractivity contribution in [2.75, 3.05) is 32.8 Å². The number of likely N-dealkylation sites (tertiary alicyclic amines) is 1. The predicted octanol–water partition coefficient (Wildman–Crippen LogP) is -0.122. The lowest BCUT2D eigenvalue weighted by Crippen LogP contribution is -2.52. The lowest BCUT2D eigenvalue weighted by molar-refractivity contribution is -0.149. The molecule has 4 fully saturated rings. The molecule has 110 valence electrons. The summed E-state index contributed by atoms with van der Waals surface area (Å²) < 4.78 is 10.4. The summed E-state index contributed by atoms with van der Waals surface area (Å²) in [6.45, 7) is 3.46. The van der Waals surface area contributed by atoms with Crippen LogP contribution in [0.15, 0.2) is 0 Å². The Morgan fingerprint density at radius 3 is 2.55 bits per heavy atom. The smallest absolute Gasteiger partial charge is 0.315 e. The number of hydrogen-bond donors (Lipinski definition) is 1. The van der Waals surface area contributed by atoms with Crippen LogP contribution in [0.3, 0.4) is 0 Å². The van der Waals surface area contributed by atoms with Gasteiger partial charge in [-0.15, -0.1) is 0 Å². The van der Waals surface area contributed by atoms with E-state index in [1.165, 1.54) is 0 Å². The van der Waals surface area contributed by atoms with E-state index >= 15 is 0 Å². The standard InChI is InChI=1S/C14H20N2O4/c17-11-13(3-7-19-11)2-6-16(9-13)10-14(1-5-15-10)4-8-20-12(14)18/h10,15H,1-9H2. The quantitative estimate of drug-likeness (QED) is 0.675. The van der Waals surface area contributed by atoms with E-state index in [1.807, 2.05) is 0 Å². The number of nitrogens with zero attached hydrogens (tertiary/aromatic N) is 1. The summed E-state index contributed by atoms with van der Waals surface area (Å²) in [6.07, 6.45) is 3.30. The second kappa shape index (κ2) is 4.18. The summed E-state index contributed by atoms with van der Waals surface area (Å²) in [5, 5.41) is 3.46. The summed E-state index contributed by atoms with van der Waals surface area (Å²) in [7, 11) is 0. The van der Waals surface area contributed by atoms with Gasteiger partial charge < -0.3 is 14.8 Å². The Morgan fingerprint density at radius 2 is 1.85 bits per heavy atom. The molecule has 6 heteroatoms. The first-order valence-corrected chi connectivity index (χ1v) is 7.48. The lowest BCUT2D eigenvalue weighted by Gasteiger charge is -2.34. The van der Waals surface area contributed by atoms with E-state index in [0.717, 1.165) is 38.8 Å². The van der Waals surface area contributed by atoms with Crippen molar-refractivity contribution in [1.29, 1.82) is 0 Å². The molecule has 0 aromatic rings. The largest absolute Gasteiger partial charge is 0.465 e. The zero-order chi connectivity index (χ0) is 13.8. The SMILES string of the molecule is O=C1OCCC12CCN(C1NCCC13CCOC3=O)C2. The molecule has 4 aliphatic rings. The van der Waals surface area contributed by atoms with Crippen molar-refractivity contribution < 1.29 is 19.1 Å². The molecule has 4 saturated heterocycles. The van der Waals surface area contributed by atoms with E-state index in [2.05, 4.69) is 10.2 Å². The number of rotatable bonds is 1. The van der Waals surface area contributed by atoms with E-state index in [4.69, 9.17) is 9.47 Å². The van der Waals surface area contributed by atoms with Gasteiger partial charge in [0, 0.05) is 19.5 Å². The Bertz CT molecular complexity index is 464. The number of carbonyl (C=O) groups excluding carboxylic acids is 2. The molecule has 3 atom stereocenters.